The van der Waals surface area contributed by atoms with Gasteiger partial charge in [-0.3, -0.25) is 9.59 Å². The van der Waals surface area contributed by atoms with Crippen LogP contribution in [0.5, 0.6) is 0 Å². The summed E-state index contributed by atoms with van der Waals surface area (Å²) in [7, 11) is 0. The van der Waals surface area contributed by atoms with Crippen molar-refractivity contribution in [2.45, 2.75) is 26.9 Å². The van der Waals surface area contributed by atoms with Crippen LogP contribution in [0.3, 0.4) is 0 Å². The second kappa shape index (κ2) is 7.86. The van der Waals surface area contributed by atoms with E-state index in [1.54, 1.807) is 28.8 Å². The zero-order valence-electron chi connectivity index (χ0n) is 15.0. The zero-order chi connectivity index (χ0) is 19.4. The van der Waals surface area contributed by atoms with Crippen molar-refractivity contribution in [3.05, 3.63) is 64.0 Å². The molecule has 0 aliphatic heterocycles. The Kier molecular flexibility index (Phi) is 5.35. The van der Waals surface area contributed by atoms with Crippen LogP contribution in [0.4, 0.5) is 0 Å². The Morgan fingerprint density at radius 3 is 2.81 bits per heavy atom. The molecule has 0 radical (unpaired) electrons. The molecule has 27 heavy (non-hydrogen) atoms. The van der Waals surface area contributed by atoms with Crippen molar-refractivity contribution in [1.29, 1.82) is 0 Å². The van der Waals surface area contributed by atoms with Gasteiger partial charge in [0, 0.05) is 18.4 Å². The number of furan rings is 1. The fraction of sp³-hybridized carbons (Fsp3) is 0.263. The fourth-order valence-electron chi connectivity index (χ4n) is 2.61. The number of aryl methyl sites for hydroxylation is 2. The third-order valence-electron chi connectivity index (χ3n) is 4.00. The highest BCUT2D eigenvalue weighted by Gasteiger charge is 2.18. The van der Waals surface area contributed by atoms with Crippen molar-refractivity contribution in [3.63, 3.8) is 0 Å². The van der Waals surface area contributed by atoms with Gasteiger partial charge >= 0.3 is 5.97 Å². The van der Waals surface area contributed by atoms with Gasteiger partial charge in [0.15, 0.2) is 6.61 Å². The van der Waals surface area contributed by atoms with Crippen LogP contribution in [0.25, 0.3) is 11.0 Å². The van der Waals surface area contributed by atoms with Gasteiger partial charge in [0.2, 0.25) is 5.43 Å². The molecule has 0 aliphatic rings. The van der Waals surface area contributed by atoms with Gasteiger partial charge in [-0.1, -0.05) is 0 Å². The smallest absolute Gasteiger partial charge is 0.344 e. The Hall–Kier alpha value is -3.42. The first-order chi connectivity index (χ1) is 13.0. The van der Waals surface area contributed by atoms with Crippen LogP contribution >= 0.6 is 0 Å². The Morgan fingerprint density at radius 2 is 2.11 bits per heavy atom. The van der Waals surface area contributed by atoms with Crippen molar-refractivity contribution >= 4 is 22.9 Å². The number of esters is 1. The van der Waals surface area contributed by atoms with E-state index in [9.17, 15) is 14.4 Å². The first-order valence-corrected chi connectivity index (χ1v) is 8.46. The molecule has 0 atom stereocenters. The molecule has 3 aromatic heterocycles. The second-order valence-corrected chi connectivity index (χ2v) is 5.91. The number of carbonyl (C=O) groups excluding carboxylic acids is 2. The summed E-state index contributed by atoms with van der Waals surface area (Å²) in [4.78, 5) is 41.1. The van der Waals surface area contributed by atoms with E-state index in [4.69, 9.17) is 9.15 Å². The summed E-state index contributed by atoms with van der Waals surface area (Å²) in [5.74, 6) is -0.760. The normalized spacial score (nSPS) is 10.7. The van der Waals surface area contributed by atoms with Crippen molar-refractivity contribution < 1.29 is 18.7 Å². The van der Waals surface area contributed by atoms with E-state index in [-0.39, 0.29) is 12.1 Å². The molecule has 3 heterocycles. The number of rotatable bonds is 6. The summed E-state index contributed by atoms with van der Waals surface area (Å²) in [5, 5.41) is 2.89. The largest absolute Gasteiger partial charge is 0.467 e. The molecule has 3 rings (SSSR count). The Morgan fingerprint density at radius 1 is 1.30 bits per heavy atom. The topological polar surface area (TPSA) is 103 Å². The quantitative estimate of drug-likeness (QED) is 0.665. The van der Waals surface area contributed by atoms with Crippen LogP contribution in [0.1, 0.15) is 28.7 Å². The highest BCUT2D eigenvalue weighted by molar-refractivity contribution is 5.94. The van der Waals surface area contributed by atoms with Crippen LogP contribution in [0.15, 0.2) is 45.9 Å². The van der Waals surface area contributed by atoms with E-state index >= 15 is 0 Å². The molecule has 1 amide bonds. The number of carbonyl (C=O) groups is 2. The SMILES string of the molecule is CCn1cc(C(=O)OCC(=O)NCc2ccco2)c(=O)c2ccc(C)nc21. The maximum Gasteiger partial charge on any atom is 0.344 e. The number of hydrogen-bond donors (Lipinski definition) is 1. The lowest BCUT2D eigenvalue weighted by Crippen LogP contribution is -2.29. The fourth-order valence-corrected chi connectivity index (χ4v) is 2.61. The number of hydrogen-bond acceptors (Lipinski definition) is 6. The number of fused-ring (bicyclic) bond motifs is 1. The molecule has 0 aromatic carbocycles. The van der Waals surface area contributed by atoms with Crippen LogP contribution in [-0.2, 0) is 22.6 Å². The first kappa shape index (κ1) is 18.4. The molecule has 0 bridgehead atoms. The van der Waals surface area contributed by atoms with E-state index in [0.717, 1.165) is 5.69 Å². The first-order valence-electron chi connectivity index (χ1n) is 8.46. The molecule has 0 aliphatic carbocycles. The third-order valence-corrected chi connectivity index (χ3v) is 4.00. The number of nitrogens with one attached hydrogen (secondary N) is 1. The van der Waals surface area contributed by atoms with Crippen molar-refractivity contribution in [1.82, 2.24) is 14.9 Å². The minimum Gasteiger partial charge on any atom is -0.467 e. The lowest BCUT2D eigenvalue weighted by atomic mass is 10.2. The molecular weight excluding hydrogens is 350 g/mol. The predicted octanol–water partition coefficient (Wildman–Crippen LogP) is 1.79. The van der Waals surface area contributed by atoms with Crippen LogP contribution in [-0.4, -0.2) is 28.0 Å². The van der Waals surface area contributed by atoms with Gasteiger partial charge in [0.05, 0.1) is 18.2 Å². The summed E-state index contributed by atoms with van der Waals surface area (Å²) < 4.78 is 11.8. The van der Waals surface area contributed by atoms with Crippen LogP contribution in [0.2, 0.25) is 0 Å². The lowest BCUT2D eigenvalue weighted by molar-refractivity contribution is -0.124. The average Bonchev–Trinajstić information content (AvgIpc) is 3.18. The highest BCUT2D eigenvalue weighted by atomic mass is 16.5. The van der Waals surface area contributed by atoms with E-state index in [1.807, 2.05) is 13.8 Å². The zero-order valence-corrected chi connectivity index (χ0v) is 15.0. The van der Waals surface area contributed by atoms with Crippen molar-refractivity contribution in [3.8, 4) is 0 Å². The average molecular weight is 369 g/mol. The minimum atomic E-state index is -0.849. The van der Waals surface area contributed by atoms with Gasteiger partial charge in [-0.05, 0) is 38.1 Å². The van der Waals surface area contributed by atoms with E-state index in [1.165, 1.54) is 12.5 Å². The van der Waals surface area contributed by atoms with Crippen molar-refractivity contribution in [2.24, 2.45) is 0 Å². The molecular formula is C19H19N3O5. The molecule has 140 valence electrons. The number of nitrogens with zero attached hydrogens (tertiary/aromatic N) is 2. The molecule has 8 heteroatoms. The number of amides is 1. The Labute approximate surface area is 154 Å². The maximum atomic E-state index is 12.6. The highest BCUT2D eigenvalue weighted by Crippen LogP contribution is 2.11. The summed E-state index contributed by atoms with van der Waals surface area (Å²) in [6.07, 6.45) is 2.91. The number of ether oxygens (including phenoxy) is 1. The molecule has 0 saturated carbocycles. The predicted molar refractivity (Wildman–Crippen MR) is 97.3 cm³/mol. The van der Waals surface area contributed by atoms with Gasteiger partial charge in [-0.2, -0.15) is 0 Å². The monoisotopic (exact) mass is 369 g/mol. The van der Waals surface area contributed by atoms with Crippen LogP contribution in [0, 0.1) is 6.92 Å². The summed E-state index contributed by atoms with van der Waals surface area (Å²) in [6.45, 7) is 3.93. The Bertz CT molecular complexity index is 1040. The molecule has 0 unspecified atom stereocenters. The molecule has 1 N–H and O–H groups in total. The van der Waals surface area contributed by atoms with Gasteiger partial charge in [0.25, 0.3) is 5.91 Å². The molecule has 0 spiro atoms. The van der Waals surface area contributed by atoms with Crippen LogP contribution < -0.4 is 10.7 Å². The summed E-state index contributed by atoms with van der Waals surface area (Å²) in [5.41, 5.74) is 0.680. The molecule has 0 fully saturated rings. The van der Waals surface area contributed by atoms with E-state index < -0.39 is 23.9 Å². The standard InChI is InChI=1S/C19H19N3O5/c1-3-22-10-15(17(24)14-7-6-12(2)21-18(14)22)19(25)27-11-16(23)20-9-13-5-4-8-26-13/h4-8,10H,3,9,11H2,1-2H3,(H,20,23). The minimum absolute atomic E-state index is 0.131. The molecule has 8 nitrogen and oxygen atoms in total. The maximum absolute atomic E-state index is 12.6. The van der Waals surface area contributed by atoms with Gasteiger partial charge in [0.1, 0.15) is 17.0 Å². The van der Waals surface area contributed by atoms with Gasteiger partial charge in [-0.15, -0.1) is 0 Å². The third kappa shape index (κ3) is 4.05. The van der Waals surface area contributed by atoms with E-state index in [0.29, 0.717) is 23.3 Å². The second-order valence-electron chi connectivity index (χ2n) is 5.91. The summed E-state index contributed by atoms with van der Waals surface area (Å²) >= 11 is 0. The lowest BCUT2D eigenvalue weighted by Gasteiger charge is -2.11. The van der Waals surface area contributed by atoms with E-state index in [2.05, 4.69) is 10.3 Å². The summed E-state index contributed by atoms with van der Waals surface area (Å²) in [6, 6.07) is 6.76. The van der Waals surface area contributed by atoms with Crippen molar-refractivity contribution in [2.75, 3.05) is 6.61 Å². The Balaban J connectivity index is 1.73. The molecule has 3 aromatic rings. The number of aromatic nitrogens is 2. The number of pyridine rings is 2. The van der Waals surface area contributed by atoms with Gasteiger partial charge < -0.3 is 19.0 Å². The van der Waals surface area contributed by atoms with Gasteiger partial charge in [-0.25, -0.2) is 9.78 Å². The molecule has 0 saturated heterocycles.